The number of hydrogen-bond donors (Lipinski definition) is 0. The maximum atomic E-state index is 13.3. The third kappa shape index (κ3) is 5.41. The van der Waals surface area contributed by atoms with Crippen LogP contribution < -0.4 is 4.90 Å². The van der Waals surface area contributed by atoms with Crippen LogP contribution in [0.25, 0.3) is 11.3 Å². The largest absolute Gasteiger partial charge is 0.354 e. The van der Waals surface area contributed by atoms with Crippen LogP contribution in [0.15, 0.2) is 66.7 Å². The molecule has 1 atom stereocenters. The molecule has 5 nitrogen and oxygen atoms in total. The van der Waals surface area contributed by atoms with Crippen LogP contribution in [0.4, 0.5) is 5.82 Å². The SMILES string of the molecule is O=C(C1CCCN(c2ccc(-c3ccc(Cl)cc3)nn2)C1)N1CCC(Cc2ccccc2)CC1. The van der Waals surface area contributed by atoms with Gasteiger partial charge in [-0.15, -0.1) is 10.2 Å². The molecule has 3 aromatic rings. The lowest BCUT2D eigenvalue weighted by molar-refractivity contribution is -0.137. The van der Waals surface area contributed by atoms with Crippen molar-refractivity contribution in [1.29, 1.82) is 0 Å². The van der Waals surface area contributed by atoms with Gasteiger partial charge in [0.05, 0.1) is 11.6 Å². The van der Waals surface area contributed by atoms with Gasteiger partial charge in [-0.25, -0.2) is 0 Å². The highest BCUT2D eigenvalue weighted by Crippen LogP contribution is 2.27. The number of carbonyl (C=O) groups is 1. The molecule has 34 heavy (non-hydrogen) atoms. The lowest BCUT2D eigenvalue weighted by Crippen LogP contribution is -2.47. The van der Waals surface area contributed by atoms with E-state index >= 15 is 0 Å². The Morgan fingerprint density at radius 1 is 0.882 bits per heavy atom. The van der Waals surface area contributed by atoms with E-state index in [0.29, 0.717) is 16.8 Å². The summed E-state index contributed by atoms with van der Waals surface area (Å²) in [5.74, 6) is 1.87. The first-order chi connectivity index (χ1) is 16.7. The Balaban J connectivity index is 1.16. The highest BCUT2D eigenvalue weighted by Gasteiger charge is 2.32. The molecule has 2 aliphatic heterocycles. The second-order valence-corrected chi connectivity index (χ2v) is 9.96. The highest BCUT2D eigenvalue weighted by molar-refractivity contribution is 6.30. The van der Waals surface area contributed by atoms with Crippen molar-refractivity contribution in [3.05, 3.63) is 77.3 Å². The first kappa shape index (κ1) is 22.9. The molecular formula is C28H31ClN4O. The van der Waals surface area contributed by atoms with Crippen LogP contribution >= 0.6 is 11.6 Å². The van der Waals surface area contributed by atoms with Gasteiger partial charge in [0.15, 0.2) is 5.82 Å². The maximum absolute atomic E-state index is 13.3. The zero-order chi connectivity index (χ0) is 23.3. The van der Waals surface area contributed by atoms with Gasteiger partial charge in [0.2, 0.25) is 5.91 Å². The molecule has 0 spiro atoms. The predicted octanol–water partition coefficient (Wildman–Crippen LogP) is 5.49. The Morgan fingerprint density at radius 3 is 2.35 bits per heavy atom. The minimum atomic E-state index is 0.0390. The zero-order valence-corrected chi connectivity index (χ0v) is 20.2. The molecule has 2 aromatic carbocycles. The summed E-state index contributed by atoms with van der Waals surface area (Å²) in [6.07, 6.45) is 5.26. The summed E-state index contributed by atoms with van der Waals surface area (Å²) in [4.78, 5) is 17.6. The molecule has 3 heterocycles. The molecule has 0 saturated carbocycles. The van der Waals surface area contributed by atoms with Crippen LogP contribution in [-0.2, 0) is 11.2 Å². The average Bonchev–Trinajstić information content (AvgIpc) is 2.90. The molecule has 0 bridgehead atoms. The van der Waals surface area contributed by atoms with Gasteiger partial charge in [-0.3, -0.25) is 4.79 Å². The van der Waals surface area contributed by atoms with Gasteiger partial charge >= 0.3 is 0 Å². The number of nitrogens with zero attached hydrogens (tertiary/aromatic N) is 4. The number of likely N-dealkylation sites (tertiary alicyclic amines) is 1. The molecule has 6 heteroatoms. The number of piperidine rings is 2. The van der Waals surface area contributed by atoms with E-state index in [4.69, 9.17) is 11.6 Å². The van der Waals surface area contributed by atoms with Gasteiger partial charge in [0.25, 0.3) is 0 Å². The Hall–Kier alpha value is -2.92. The minimum Gasteiger partial charge on any atom is -0.354 e. The quantitative estimate of drug-likeness (QED) is 0.490. The van der Waals surface area contributed by atoms with Gasteiger partial charge in [-0.2, -0.15) is 0 Å². The molecule has 2 aliphatic rings. The average molecular weight is 475 g/mol. The van der Waals surface area contributed by atoms with Crippen molar-refractivity contribution in [2.24, 2.45) is 11.8 Å². The number of anilines is 1. The van der Waals surface area contributed by atoms with Gasteiger partial charge in [0.1, 0.15) is 0 Å². The molecule has 1 unspecified atom stereocenters. The standard InChI is InChI=1S/C28H31ClN4O/c29-25-10-8-23(9-11-25)26-12-13-27(31-30-26)33-16-4-7-24(20-33)28(34)32-17-14-22(15-18-32)19-21-5-2-1-3-6-21/h1-3,5-6,8-13,22,24H,4,7,14-20H2. The summed E-state index contributed by atoms with van der Waals surface area (Å²) in [6, 6.07) is 22.3. The van der Waals surface area contributed by atoms with Gasteiger partial charge < -0.3 is 9.80 Å². The summed E-state index contributed by atoms with van der Waals surface area (Å²) in [7, 11) is 0. The van der Waals surface area contributed by atoms with Crippen molar-refractivity contribution in [2.75, 3.05) is 31.1 Å². The Labute approximate surface area is 206 Å². The van der Waals surface area contributed by atoms with Crippen molar-refractivity contribution in [3.63, 3.8) is 0 Å². The molecule has 1 amide bonds. The summed E-state index contributed by atoms with van der Waals surface area (Å²) >= 11 is 5.99. The van der Waals surface area contributed by atoms with Crippen LogP contribution in [0.3, 0.4) is 0 Å². The Kier molecular flexibility index (Phi) is 7.10. The van der Waals surface area contributed by atoms with E-state index < -0.39 is 0 Å². The zero-order valence-electron chi connectivity index (χ0n) is 19.4. The van der Waals surface area contributed by atoms with Gasteiger partial charge in [0, 0.05) is 36.8 Å². The molecule has 1 aromatic heterocycles. The van der Waals surface area contributed by atoms with Gasteiger partial charge in [-0.05, 0) is 67.9 Å². The highest BCUT2D eigenvalue weighted by atomic mass is 35.5. The maximum Gasteiger partial charge on any atom is 0.227 e. The van der Waals surface area contributed by atoms with Crippen molar-refractivity contribution in [3.8, 4) is 11.3 Å². The topological polar surface area (TPSA) is 49.3 Å². The number of carbonyl (C=O) groups excluding carboxylic acids is 1. The first-order valence-corrected chi connectivity index (χ1v) is 12.7. The smallest absolute Gasteiger partial charge is 0.227 e. The van der Waals surface area contributed by atoms with Crippen molar-refractivity contribution in [2.45, 2.75) is 32.1 Å². The molecule has 2 saturated heterocycles. The predicted molar refractivity (Wildman–Crippen MR) is 137 cm³/mol. The van der Waals surface area contributed by atoms with E-state index in [0.717, 1.165) is 75.4 Å². The van der Waals surface area contributed by atoms with Crippen LogP contribution in [0.1, 0.15) is 31.2 Å². The van der Waals surface area contributed by atoms with Crippen molar-refractivity contribution in [1.82, 2.24) is 15.1 Å². The number of benzene rings is 2. The molecule has 5 rings (SSSR count). The summed E-state index contributed by atoms with van der Waals surface area (Å²) < 4.78 is 0. The van der Waals surface area contributed by atoms with E-state index in [2.05, 4.69) is 50.3 Å². The van der Waals surface area contributed by atoms with E-state index in [-0.39, 0.29) is 5.92 Å². The fourth-order valence-corrected chi connectivity index (χ4v) is 5.34. The molecule has 0 N–H and O–H groups in total. The first-order valence-electron chi connectivity index (χ1n) is 12.3. The Morgan fingerprint density at radius 2 is 1.65 bits per heavy atom. The van der Waals surface area contributed by atoms with Crippen LogP contribution in [0.2, 0.25) is 5.02 Å². The third-order valence-corrected chi connectivity index (χ3v) is 7.43. The molecule has 2 fully saturated rings. The van der Waals surface area contributed by atoms with E-state index in [1.54, 1.807) is 0 Å². The molecule has 176 valence electrons. The monoisotopic (exact) mass is 474 g/mol. The van der Waals surface area contributed by atoms with E-state index in [1.807, 2.05) is 36.4 Å². The van der Waals surface area contributed by atoms with Crippen molar-refractivity contribution >= 4 is 23.3 Å². The summed E-state index contributed by atoms with van der Waals surface area (Å²) in [5, 5.41) is 9.61. The second-order valence-electron chi connectivity index (χ2n) is 9.53. The van der Waals surface area contributed by atoms with E-state index in [9.17, 15) is 4.79 Å². The van der Waals surface area contributed by atoms with Gasteiger partial charge in [-0.1, -0.05) is 54.1 Å². The lowest BCUT2D eigenvalue weighted by atomic mass is 9.89. The fourth-order valence-electron chi connectivity index (χ4n) is 5.22. The van der Waals surface area contributed by atoms with Crippen molar-refractivity contribution < 1.29 is 4.79 Å². The third-order valence-electron chi connectivity index (χ3n) is 7.18. The summed E-state index contributed by atoms with van der Waals surface area (Å²) in [5.41, 5.74) is 3.22. The summed E-state index contributed by atoms with van der Waals surface area (Å²) in [6.45, 7) is 3.39. The lowest BCUT2D eigenvalue weighted by Gasteiger charge is -2.38. The second kappa shape index (κ2) is 10.6. The van der Waals surface area contributed by atoms with Crippen LogP contribution in [0.5, 0.6) is 0 Å². The normalized spacial score (nSPS) is 19.3. The molecule has 0 aliphatic carbocycles. The number of aromatic nitrogens is 2. The fraction of sp³-hybridized carbons (Fsp3) is 0.393. The number of amides is 1. The Bertz CT molecular complexity index is 1080. The molecule has 0 radical (unpaired) electrons. The van der Waals surface area contributed by atoms with Crippen LogP contribution in [-0.4, -0.2) is 47.2 Å². The molecular weight excluding hydrogens is 444 g/mol. The number of rotatable bonds is 5. The van der Waals surface area contributed by atoms with Crippen LogP contribution in [0, 0.1) is 11.8 Å². The number of hydrogen-bond acceptors (Lipinski definition) is 4. The number of halogens is 1. The minimum absolute atomic E-state index is 0.0390. The van der Waals surface area contributed by atoms with E-state index in [1.165, 1.54) is 5.56 Å².